The van der Waals surface area contributed by atoms with E-state index in [1.165, 1.54) is 0 Å². The van der Waals surface area contributed by atoms with Crippen LogP contribution in [0.4, 0.5) is 0 Å². The largest absolute Gasteiger partial charge is 0.493 e. The molecule has 0 fully saturated rings. The van der Waals surface area contributed by atoms with E-state index < -0.39 is 0 Å². The highest BCUT2D eigenvalue weighted by Gasteiger charge is 2.28. The second-order valence-electron chi connectivity index (χ2n) is 5.64. The van der Waals surface area contributed by atoms with Crippen molar-refractivity contribution in [2.45, 2.75) is 19.4 Å². The van der Waals surface area contributed by atoms with Crippen LogP contribution in [0.15, 0.2) is 36.4 Å². The van der Waals surface area contributed by atoms with Crippen LogP contribution in [0.1, 0.15) is 29.7 Å². The molecule has 3 rings (SSSR count). The van der Waals surface area contributed by atoms with Crippen LogP contribution in [0.3, 0.4) is 0 Å². The number of benzene rings is 2. The molecule has 1 aliphatic rings. The van der Waals surface area contributed by atoms with Crippen molar-refractivity contribution >= 4 is 6.08 Å². The van der Waals surface area contributed by atoms with Crippen LogP contribution >= 0.6 is 0 Å². The molecule has 0 radical (unpaired) electrons. The number of ether oxygens (including phenoxy) is 4. The first-order valence-corrected chi connectivity index (χ1v) is 7.92. The predicted octanol–water partition coefficient (Wildman–Crippen LogP) is 4.42. The van der Waals surface area contributed by atoms with Crippen LogP contribution < -0.4 is 18.9 Å². The quantitative estimate of drug-likeness (QED) is 0.815. The first kappa shape index (κ1) is 16.2. The summed E-state index contributed by atoms with van der Waals surface area (Å²) in [6.45, 7) is 2.00. The van der Waals surface area contributed by atoms with Gasteiger partial charge in [-0.3, -0.25) is 0 Å². The molecule has 2 aromatic rings. The van der Waals surface area contributed by atoms with Gasteiger partial charge in [0.1, 0.15) is 6.10 Å². The van der Waals surface area contributed by atoms with E-state index in [0.29, 0.717) is 11.5 Å². The minimum absolute atomic E-state index is 0.0606. The molecule has 0 aliphatic carbocycles. The molecule has 4 heteroatoms. The monoisotopic (exact) mass is 326 g/mol. The lowest BCUT2D eigenvalue weighted by molar-refractivity contribution is 0.228. The molecular weight excluding hydrogens is 304 g/mol. The molecule has 0 saturated heterocycles. The van der Waals surface area contributed by atoms with Crippen molar-refractivity contribution in [2.75, 3.05) is 21.3 Å². The maximum atomic E-state index is 6.18. The second-order valence-corrected chi connectivity index (χ2v) is 5.64. The molecule has 126 valence electrons. The first-order chi connectivity index (χ1) is 11.7. The Morgan fingerprint density at radius 2 is 1.71 bits per heavy atom. The summed E-state index contributed by atoms with van der Waals surface area (Å²) in [5.74, 6) is 3.01. The van der Waals surface area contributed by atoms with Crippen molar-refractivity contribution in [3.05, 3.63) is 53.1 Å². The third-order valence-electron chi connectivity index (χ3n) is 4.18. The molecule has 0 saturated carbocycles. The van der Waals surface area contributed by atoms with Crippen molar-refractivity contribution < 1.29 is 18.9 Å². The summed E-state index contributed by atoms with van der Waals surface area (Å²) in [4.78, 5) is 0. The molecule has 1 unspecified atom stereocenters. The highest BCUT2D eigenvalue weighted by atomic mass is 16.5. The number of rotatable bonds is 5. The van der Waals surface area contributed by atoms with Gasteiger partial charge in [0.15, 0.2) is 23.0 Å². The van der Waals surface area contributed by atoms with E-state index in [1.54, 1.807) is 21.3 Å². The van der Waals surface area contributed by atoms with Gasteiger partial charge in [0.2, 0.25) is 0 Å². The van der Waals surface area contributed by atoms with Crippen molar-refractivity contribution in [1.29, 1.82) is 0 Å². The van der Waals surface area contributed by atoms with Gasteiger partial charge in [-0.05, 0) is 42.3 Å². The molecule has 0 bridgehead atoms. The molecule has 0 N–H and O–H groups in total. The van der Waals surface area contributed by atoms with Gasteiger partial charge in [0.05, 0.1) is 21.3 Å². The van der Waals surface area contributed by atoms with Crippen LogP contribution in [0, 0.1) is 0 Å². The third-order valence-corrected chi connectivity index (χ3v) is 4.18. The summed E-state index contributed by atoms with van der Waals surface area (Å²) < 4.78 is 22.4. The van der Waals surface area contributed by atoms with Gasteiger partial charge in [-0.2, -0.15) is 0 Å². The highest BCUT2D eigenvalue weighted by Crippen LogP contribution is 2.45. The lowest BCUT2D eigenvalue weighted by atomic mass is 10.0. The first-order valence-electron chi connectivity index (χ1n) is 7.92. The second kappa shape index (κ2) is 6.87. The molecule has 0 amide bonds. The van der Waals surface area contributed by atoms with Gasteiger partial charge in [0.25, 0.3) is 0 Å². The van der Waals surface area contributed by atoms with Crippen LogP contribution in [-0.4, -0.2) is 21.3 Å². The average molecular weight is 326 g/mol. The Labute approximate surface area is 142 Å². The summed E-state index contributed by atoms with van der Waals surface area (Å²) in [7, 11) is 4.94. The summed E-state index contributed by atoms with van der Waals surface area (Å²) in [6, 6.07) is 10.0. The lowest BCUT2D eigenvalue weighted by Gasteiger charge is -2.15. The fourth-order valence-electron chi connectivity index (χ4n) is 3.03. The van der Waals surface area contributed by atoms with Crippen LogP contribution in [0.25, 0.3) is 6.08 Å². The van der Waals surface area contributed by atoms with Crippen molar-refractivity contribution in [3.8, 4) is 23.0 Å². The fourth-order valence-corrected chi connectivity index (χ4v) is 3.03. The van der Waals surface area contributed by atoms with Crippen molar-refractivity contribution in [2.24, 2.45) is 0 Å². The molecular formula is C20H22O4. The fraction of sp³-hybridized carbons (Fsp3) is 0.300. The molecule has 1 heterocycles. The van der Waals surface area contributed by atoms with Crippen LogP contribution in [0.5, 0.6) is 23.0 Å². The van der Waals surface area contributed by atoms with Gasteiger partial charge < -0.3 is 18.9 Å². The molecule has 1 atom stereocenters. The maximum absolute atomic E-state index is 6.18. The minimum Gasteiger partial charge on any atom is -0.493 e. The third kappa shape index (κ3) is 2.92. The van der Waals surface area contributed by atoms with Gasteiger partial charge in [0, 0.05) is 12.0 Å². The van der Waals surface area contributed by atoms with E-state index in [0.717, 1.165) is 34.6 Å². The Balaban J connectivity index is 1.93. The average Bonchev–Trinajstić information content (AvgIpc) is 3.04. The molecule has 4 nitrogen and oxygen atoms in total. The zero-order valence-corrected chi connectivity index (χ0v) is 14.5. The maximum Gasteiger partial charge on any atom is 0.165 e. The Morgan fingerprint density at radius 3 is 2.38 bits per heavy atom. The van der Waals surface area contributed by atoms with Gasteiger partial charge in [-0.15, -0.1) is 0 Å². The van der Waals surface area contributed by atoms with Crippen molar-refractivity contribution in [3.63, 3.8) is 0 Å². The standard InChI is InChI=1S/C20H22O4/c1-5-6-13-9-15-12-17(24-20(15)19(10-13)23-4)14-7-8-16(21-2)18(11-14)22-3/h5-11,17H,12H2,1-4H3. The van der Waals surface area contributed by atoms with Crippen LogP contribution in [-0.2, 0) is 6.42 Å². The van der Waals surface area contributed by atoms with Crippen LogP contribution in [0.2, 0.25) is 0 Å². The molecule has 1 aliphatic heterocycles. The van der Waals surface area contributed by atoms with Gasteiger partial charge >= 0.3 is 0 Å². The Bertz CT molecular complexity index is 764. The summed E-state index contributed by atoms with van der Waals surface area (Å²) in [5, 5.41) is 0. The van der Waals surface area contributed by atoms with Crippen molar-refractivity contribution in [1.82, 2.24) is 0 Å². The summed E-state index contributed by atoms with van der Waals surface area (Å²) >= 11 is 0. The van der Waals surface area contributed by atoms with E-state index in [-0.39, 0.29) is 6.10 Å². The Hall–Kier alpha value is -2.62. The molecule has 0 spiro atoms. The Kier molecular flexibility index (Phi) is 4.65. The number of hydrogen-bond acceptors (Lipinski definition) is 4. The lowest BCUT2D eigenvalue weighted by Crippen LogP contribution is -2.04. The zero-order valence-electron chi connectivity index (χ0n) is 14.5. The molecule has 0 aromatic heterocycles. The molecule has 2 aromatic carbocycles. The topological polar surface area (TPSA) is 36.9 Å². The number of fused-ring (bicyclic) bond motifs is 1. The SMILES string of the molecule is CC=Cc1cc2c(c(OC)c1)OC(c1ccc(OC)c(OC)c1)C2. The van der Waals surface area contributed by atoms with Gasteiger partial charge in [-0.25, -0.2) is 0 Å². The molecule has 24 heavy (non-hydrogen) atoms. The number of methoxy groups -OCH3 is 3. The van der Waals surface area contributed by atoms with E-state index in [9.17, 15) is 0 Å². The minimum atomic E-state index is -0.0606. The number of hydrogen-bond donors (Lipinski definition) is 0. The van der Waals surface area contributed by atoms with E-state index in [1.807, 2.05) is 37.3 Å². The van der Waals surface area contributed by atoms with E-state index in [2.05, 4.69) is 12.1 Å². The predicted molar refractivity (Wildman–Crippen MR) is 94.3 cm³/mol. The van der Waals surface area contributed by atoms with Gasteiger partial charge in [-0.1, -0.05) is 18.2 Å². The normalized spacial score (nSPS) is 15.9. The highest BCUT2D eigenvalue weighted by molar-refractivity contribution is 5.61. The van der Waals surface area contributed by atoms with E-state index in [4.69, 9.17) is 18.9 Å². The smallest absolute Gasteiger partial charge is 0.165 e. The Morgan fingerprint density at radius 1 is 0.958 bits per heavy atom. The van der Waals surface area contributed by atoms with E-state index >= 15 is 0 Å². The summed E-state index contributed by atoms with van der Waals surface area (Å²) in [5.41, 5.74) is 3.32. The summed E-state index contributed by atoms with van der Waals surface area (Å²) in [6.07, 6.45) is 4.82. The number of allylic oxidation sites excluding steroid dienone is 1. The zero-order chi connectivity index (χ0) is 17.1.